The first-order valence-corrected chi connectivity index (χ1v) is 8.01. The number of amides is 1. The quantitative estimate of drug-likeness (QED) is 0.815. The van der Waals surface area contributed by atoms with Crippen LogP contribution in [0.1, 0.15) is 28.8 Å². The lowest BCUT2D eigenvalue weighted by atomic mass is 10.1. The molecule has 2 rings (SSSR count). The summed E-state index contributed by atoms with van der Waals surface area (Å²) in [6.45, 7) is 0. The van der Waals surface area contributed by atoms with E-state index in [1.807, 2.05) is 0 Å². The van der Waals surface area contributed by atoms with Crippen LogP contribution >= 0.6 is 12.2 Å². The van der Waals surface area contributed by atoms with Crippen molar-refractivity contribution in [2.24, 2.45) is 5.73 Å². The zero-order valence-electron chi connectivity index (χ0n) is 10.4. The van der Waals surface area contributed by atoms with Crippen LogP contribution in [-0.4, -0.2) is 32.7 Å². The van der Waals surface area contributed by atoms with Crippen LogP contribution in [0.15, 0.2) is 24.3 Å². The van der Waals surface area contributed by atoms with Crippen LogP contribution in [0.25, 0.3) is 0 Å². The standard InChI is InChI=1S/C13H16N2O2S2/c14-12(18)9-2-1-3-10(8-9)13(16)15-11-4-6-19(17)7-5-11/h1-3,8,11H,4-7H2,(H2,14,18)(H,15,16). The Hall–Kier alpha value is -1.27. The first-order chi connectivity index (χ1) is 9.06. The molecule has 19 heavy (non-hydrogen) atoms. The number of nitrogens with two attached hydrogens (primary N) is 1. The lowest BCUT2D eigenvalue weighted by Crippen LogP contribution is -2.39. The molecule has 0 radical (unpaired) electrons. The molecule has 0 bridgehead atoms. The van der Waals surface area contributed by atoms with Crippen LogP contribution in [-0.2, 0) is 10.8 Å². The van der Waals surface area contributed by atoms with Gasteiger partial charge in [0.15, 0.2) is 0 Å². The van der Waals surface area contributed by atoms with Gasteiger partial charge in [0.2, 0.25) is 0 Å². The first kappa shape index (κ1) is 14.1. The molecule has 0 atom stereocenters. The van der Waals surface area contributed by atoms with Gasteiger partial charge >= 0.3 is 0 Å². The molecule has 3 N–H and O–H groups in total. The van der Waals surface area contributed by atoms with E-state index in [0.717, 1.165) is 12.8 Å². The SMILES string of the molecule is NC(=S)c1cccc(C(=O)NC2CCS(=O)CC2)c1. The second-order valence-electron chi connectivity index (χ2n) is 4.54. The number of hydrogen-bond acceptors (Lipinski definition) is 3. The van der Waals surface area contributed by atoms with E-state index in [1.165, 1.54) is 0 Å². The predicted molar refractivity (Wildman–Crippen MR) is 80.7 cm³/mol. The molecule has 4 nitrogen and oxygen atoms in total. The summed E-state index contributed by atoms with van der Waals surface area (Å²) in [4.78, 5) is 12.4. The highest BCUT2D eigenvalue weighted by Crippen LogP contribution is 2.11. The number of carbonyl (C=O) groups is 1. The Morgan fingerprint density at radius 2 is 1.95 bits per heavy atom. The lowest BCUT2D eigenvalue weighted by Gasteiger charge is -2.22. The third-order valence-corrected chi connectivity index (χ3v) is 4.75. The van der Waals surface area contributed by atoms with E-state index in [1.54, 1.807) is 24.3 Å². The van der Waals surface area contributed by atoms with Gasteiger partial charge in [-0.25, -0.2) is 0 Å². The molecule has 6 heteroatoms. The number of carbonyl (C=O) groups excluding carboxylic acids is 1. The van der Waals surface area contributed by atoms with Gasteiger partial charge in [0.25, 0.3) is 5.91 Å². The molecule has 1 aromatic carbocycles. The Balaban J connectivity index is 2.01. The van der Waals surface area contributed by atoms with Gasteiger partial charge in [-0.15, -0.1) is 0 Å². The number of nitrogens with one attached hydrogen (secondary N) is 1. The van der Waals surface area contributed by atoms with Crippen molar-refractivity contribution in [3.63, 3.8) is 0 Å². The van der Waals surface area contributed by atoms with Gasteiger partial charge < -0.3 is 11.1 Å². The average Bonchev–Trinajstić information content (AvgIpc) is 2.41. The molecular weight excluding hydrogens is 280 g/mol. The van der Waals surface area contributed by atoms with Crippen LogP contribution in [0.2, 0.25) is 0 Å². The molecule has 1 amide bonds. The van der Waals surface area contributed by atoms with Gasteiger partial charge in [0, 0.05) is 39.5 Å². The smallest absolute Gasteiger partial charge is 0.251 e. The normalized spacial score (nSPS) is 22.7. The Morgan fingerprint density at radius 3 is 2.58 bits per heavy atom. The molecule has 1 saturated heterocycles. The molecule has 0 spiro atoms. The number of thiocarbonyl (C=S) groups is 1. The van der Waals surface area contributed by atoms with Crippen LogP contribution in [0.4, 0.5) is 0 Å². The van der Waals surface area contributed by atoms with Crippen molar-refractivity contribution in [3.05, 3.63) is 35.4 Å². The zero-order chi connectivity index (χ0) is 13.8. The summed E-state index contributed by atoms with van der Waals surface area (Å²) < 4.78 is 11.3. The van der Waals surface area contributed by atoms with Crippen molar-refractivity contribution >= 4 is 33.9 Å². The van der Waals surface area contributed by atoms with Gasteiger partial charge in [0.1, 0.15) is 4.99 Å². The second-order valence-corrected chi connectivity index (χ2v) is 6.68. The van der Waals surface area contributed by atoms with Crippen molar-refractivity contribution in [3.8, 4) is 0 Å². The van der Waals surface area contributed by atoms with Crippen molar-refractivity contribution in [2.45, 2.75) is 18.9 Å². The molecule has 1 fully saturated rings. The summed E-state index contributed by atoms with van der Waals surface area (Å²) in [5, 5.41) is 2.96. The molecule has 0 aliphatic carbocycles. The van der Waals surface area contributed by atoms with E-state index in [-0.39, 0.29) is 16.9 Å². The summed E-state index contributed by atoms with van der Waals surface area (Å²) in [6, 6.07) is 7.08. The molecule has 0 saturated carbocycles. The Bertz CT molecular complexity index is 521. The molecule has 0 aromatic heterocycles. The predicted octanol–water partition coefficient (Wildman–Crippen LogP) is 0.962. The van der Waals surface area contributed by atoms with Gasteiger partial charge in [0.05, 0.1) is 0 Å². The molecule has 1 aromatic rings. The molecule has 0 unspecified atom stereocenters. The van der Waals surface area contributed by atoms with E-state index < -0.39 is 10.8 Å². The Labute approximate surface area is 120 Å². The summed E-state index contributed by atoms with van der Waals surface area (Å²) in [6.07, 6.45) is 1.54. The summed E-state index contributed by atoms with van der Waals surface area (Å²) >= 11 is 4.89. The maximum atomic E-state index is 12.1. The van der Waals surface area contributed by atoms with Crippen LogP contribution in [0.3, 0.4) is 0 Å². The Morgan fingerprint density at radius 1 is 1.32 bits per heavy atom. The lowest BCUT2D eigenvalue weighted by molar-refractivity contribution is 0.0934. The van der Waals surface area contributed by atoms with E-state index in [9.17, 15) is 9.00 Å². The van der Waals surface area contributed by atoms with Gasteiger partial charge in [-0.2, -0.15) is 0 Å². The van der Waals surface area contributed by atoms with Crippen LogP contribution < -0.4 is 11.1 Å². The third-order valence-electron chi connectivity index (χ3n) is 3.13. The van der Waals surface area contributed by atoms with Crippen molar-refractivity contribution in [1.29, 1.82) is 0 Å². The van der Waals surface area contributed by atoms with Crippen LogP contribution in [0.5, 0.6) is 0 Å². The Kier molecular flexibility index (Phi) is 4.66. The van der Waals surface area contributed by atoms with E-state index >= 15 is 0 Å². The van der Waals surface area contributed by atoms with E-state index in [0.29, 0.717) is 22.6 Å². The highest BCUT2D eigenvalue weighted by molar-refractivity contribution is 7.85. The molecule has 1 heterocycles. The fraction of sp³-hybridized carbons (Fsp3) is 0.385. The summed E-state index contributed by atoms with van der Waals surface area (Å²) in [7, 11) is -0.715. The highest BCUT2D eigenvalue weighted by atomic mass is 32.2. The largest absolute Gasteiger partial charge is 0.389 e. The minimum atomic E-state index is -0.715. The van der Waals surface area contributed by atoms with Crippen molar-refractivity contribution < 1.29 is 9.00 Å². The van der Waals surface area contributed by atoms with Gasteiger partial charge in [-0.1, -0.05) is 24.4 Å². The fourth-order valence-electron chi connectivity index (χ4n) is 2.02. The number of rotatable bonds is 3. The van der Waals surface area contributed by atoms with Crippen molar-refractivity contribution in [2.75, 3.05) is 11.5 Å². The van der Waals surface area contributed by atoms with Crippen LogP contribution in [0, 0.1) is 0 Å². The first-order valence-electron chi connectivity index (χ1n) is 6.12. The second kappa shape index (κ2) is 6.25. The third kappa shape index (κ3) is 3.84. The van der Waals surface area contributed by atoms with E-state index in [4.69, 9.17) is 18.0 Å². The maximum absolute atomic E-state index is 12.1. The zero-order valence-corrected chi connectivity index (χ0v) is 12.1. The monoisotopic (exact) mass is 296 g/mol. The summed E-state index contributed by atoms with van der Waals surface area (Å²) in [5.41, 5.74) is 6.79. The molecule has 1 aliphatic heterocycles. The topological polar surface area (TPSA) is 72.2 Å². The maximum Gasteiger partial charge on any atom is 0.251 e. The molecule has 102 valence electrons. The fourth-order valence-corrected chi connectivity index (χ4v) is 3.45. The van der Waals surface area contributed by atoms with Gasteiger partial charge in [-0.3, -0.25) is 9.00 Å². The summed E-state index contributed by atoms with van der Waals surface area (Å²) in [5.74, 6) is 1.20. The molecule has 1 aliphatic rings. The van der Waals surface area contributed by atoms with Gasteiger partial charge in [-0.05, 0) is 25.0 Å². The van der Waals surface area contributed by atoms with Crippen molar-refractivity contribution in [1.82, 2.24) is 5.32 Å². The minimum absolute atomic E-state index is 0.110. The molecular formula is C13H16N2O2S2. The minimum Gasteiger partial charge on any atom is -0.389 e. The van der Waals surface area contributed by atoms with E-state index in [2.05, 4.69) is 5.32 Å². The number of benzene rings is 1. The average molecular weight is 296 g/mol. The highest BCUT2D eigenvalue weighted by Gasteiger charge is 2.20. The number of hydrogen-bond donors (Lipinski definition) is 2.